The molecule has 12 heteroatoms. The summed E-state index contributed by atoms with van der Waals surface area (Å²) >= 11 is 0. The first-order valence-electron chi connectivity index (χ1n) is 11.2. The van der Waals surface area contributed by atoms with Gasteiger partial charge in [-0.2, -0.15) is 23.5 Å². The molecule has 0 unspecified atom stereocenters. The van der Waals surface area contributed by atoms with Gasteiger partial charge < -0.3 is 4.90 Å². The molecule has 194 valence electrons. The van der Waals surface area contributed by atoms with Crippen molar-refractivity contribution in [3.63, 3.8) is 0 Å². The number of benzene rings is 2. The zero-order valence-electron chi connectivity index (χ0n) is 20.5. The van der Waals surface area contributed by atoms with Crippen LogP contribution >= 0.6 is 0 Å². The molecule has 38 heavy (non-hydrogen) atoms. The van der Waals surface area contributed by atoms with Gasteiger partial charge >= 0.3 is 11.9 Å². The van der Waals surface area contributed by atoms with Crippen molar-refractivity contribution in [1.29, 1.82) is 5.26 Å². The number of nitriles is 1. The van der Waals surface area contributed by atoms with Crippen LogP contribution in [-0.4, -0.2) is 43.8 Å². The summed E-state index contributed by atoms with van der Waals surface area (Å²) in [5, 5.41) is 13.4. The average Bonchev–Trinajstić information content (AvgIpc) is 3.35. The molecule has 0 fully saturated rings. The standard InChI is InChI=1S/C26H21F3N6O3/c1-16-23(21-11-12-31-35(21)19-9-7-17(14-30)8-10-19)24(37)33(15-22(36)32(2)3)25(38)34(16)20-6-4-5-18(13-20)26(27,28)29/h4-13H,15H2,1-3H3. The molecule has 0 aliphatic carbocycles. The Bertz CT molecular complexity index is 1690. The highest BCUT2D eigenvalue weighted by atomic mass is 19.4. The fourth-order valence-corrected chi connectivity index (χ4v) is 3.96. The molecule has 1 amide bonds. The summed E-state index contributed by atoms with van der Waals surface area (Å²) < 4.78 is 43.5. The van der Waals surface area contributed by atoms with Gasteiger partial charge in [-0.1, -0.05) is 6.07 Å². The Labute approximate surface area is 214 Å². The highest BCUT2D eigenvalue weighted by molar-refractivity contribution is 5.75. The maximum atomic E-state index is 13.7. The van der Waals surface area contributed by atoms with Gasteiger partial charge in [0.15, 0.2) is 0 Å². The maximum absolute atomic E-state index is 13.7. The number of amides is 1. The molecule has 0 spiro atoms. The van der Waals surface area contributed by atoms with Crippen molar-refractivity contribution < 1.29 is 18.0 Å². The minimum Gasteiger partial charge on any atom is -0.347 e. The van der Waals surface area contributed by atoms with Crippen molar-refractivity contribution in [1.82, 2.24) is 23.8 Å². The fraction of sp³-hybridized carbons (Fsp3) is 0.192. The number of hydrogen-bond donors (Lipinski definition) is 0. The lowest BCUT2D eigenvalue weighted by molar-refractivity contribution is -0.137. The third-order valence-electron chi connectivity index (χ3n) is 5.94. The highest BCUT2D eigenvalue weighted by Crippen LogP contribution is 2.31. The van der Waals surface area contributed by atoms with E-state index in [4.69, 9.17) is 5.26 Å². The van der Waals surface area contributed by atoms with Crippen LogP contribution in [0.1, 0.15) is 16.8 Å². The van der Waals surface area contributed by atoms with Gasteiger partial charge in [0.25, 0.3) is 5.56 Å². The minimum atomic E-state index is -4.67. The lowest BCUT2D eigenvalue weighted by Crippen LogP contribution is -2.45. The van der Waals surface area contributed by atoms with E-state index in [1.54, 1.807) is 24.3 Å². The molecule has 0 bridgehead atoms. The van der Waals surface area contributed by atoms with Crippen LogP contribution in [0.4, 0.5) is 13.2 Å². The van der Waals surface area contributed by atoms with Gasteiger partial charge in [0, 0.05) is 19.8 Å². The van der Waals surface area contributed by atoms with Crippen molar-refractivity contribution in [2.24, 2.45) is 0 Å². The van der Waals surface area contributed by atoms with Crippen LogP contribution in [0.3, 0.4) is 0 Å². The molecule has 0 aliphatic heterocycles. The molecule has 9 nitrogen and oxygen atoms in total. The molecule has 0 aliphatic rings. The van der Waals surface area contributed by atoms with Crippen LogP contribution in [0.2, 0.25) is 0 Å². The molecule has 0 N–H and O–H groups in total. The van der Waals surface area contributed by atoms with Crippen molar-refractivity contribution in [2.45, 2.75) is 19.6 Å². The van der Waals surface area contributed by atoms with E-state index in [0.29, 0.717) is 15.8 Å². The van der Waals surface area contributed by atoms with Crippen LogP contribution < -0.4 is 11.2 Å². The third kappa shape index (κ3) is 4.73. The van der Waals surface area contributed by atoms with Gasteiger partial charge in [0.05, 0.1) is 46.0 Å². The van der Waals surface area contributed by atoms with Gasteiger partial charge in [-0.15, -0.1) is 0 Å². The predicted molar refractivity (Wildman–Crippen MR) is 132 cm³/mol. The molecule has 0 saturated heterocycles. The molecular formula is C26H21F3N6O3. The molecule has 2 heterocycles. The van der Waals surface area contributed by atoms with E-state index >= 15 is 0 Å². The van der Waals surface area contributed by atoms with E-state index in [1.165, 1.54) is 48.9 Å². The van der Waals surface area contributed by atoms with Gasteiger partial charge in [-0.3, -0.25) is 14.2 Å². The fourth-order valence-electron chi connectivity index (χ4n) is 3.96. The summed E-state index contributed by atoms with van der Waals surface area (Å²) in [6.45, 7) is 0.814. The quantitative estimate of drug-likeness (QED) is 0.401. The first-order valence-corrected chi connectivity index (χ1v) is 11.2. The number of hydrogen-bond acceptors (Lipinski definition) is 5. The zero-order valence-corrected chi connectivity index (χ0v) is 20.5. The number of carbonyl (C=O) groups excluding carboxylic acids is 1. The van der Waals surface area contributed by atoms with Crippen molar-refractivity contribution >= 4 is 5.91 Å². The number of aromatic nitrogens is 4. The van der Waals surface area contributed by atoms with E-state index in [9.17, 15) is 27.6 Å². The lowest BCUT2D eigenvalue weighted by atomic mass is 10.1. The molecule has 0 atom stereocenters. The summed E-state index contributed by atoms with van der Waals surface area (Å²) in [6.07, 6.45) is -3.25. The van der Waals surface area contributed by atoms with Crippen LogP contribution in [0, 0.1) is 18.3 Å². The summed E-state index contributed by atoms with van der Waals surface area (Å²) in [5.74, 6) is -0.560. The SMILES string of the molecule is Cc1c(-c2ccnn2-c2ccc(C#N)cc2)c(=O)n(CC(=O)N(C)C)c(=O)n1-c1cccc(C(F)(F)F)c1. The summed E-state index contributed by atoms with van der Waals surface area (Å²) in [5.41, 5.74) is -1.71. The van der Waals surface area contributed by atoms with Crippen LogP contribution in [0.25, 0.3) is 22.6 Å². The van der Waals surface area contributed by atoms with Gasteiger partial charge in [0.1, 0.15) is 6.54 Å². The molecule has 4 aromatic rings. The Morgan fingerprint density at radius 2 is 1.74 bits per heavy atom. The Hall–Kier alpha value is -4.92. The summed E-state index contributed by atoms with van der Waals surface area (Å²) in [6, 6.07) is 14.0. The van der Waals surface area contributed by atoms with Gasteiger partial charge in [-0.05, 0) is 55.5 Å². The number of alkyl halides is 3. The van der Waals surface area contributed by atoms with Gasteiger partial charge in [-0.25, -0.2) is 14.0 Å². The molecule has 4 rings (SSSR count). The maximum Gasteiger partial charge on any atom is 0.416 e. The van der Waals surface area contributed by atoms with E-state index in [-0.39, 0.29) is 22.6 Å². The molecule has 0 radical (unpaired) electrons. The zero-order chi connectivity index (χ0) is 27.8. The molecule has 2 aromatic carbocycles. The lowest BCUT2D eigenvalue weighted by Gasteiger charge is -2.19. The second-order valence-electron chi connectivity index (χ2n) is 8.59. The normalized spacial score (nSPS) is 11.3. The van der Waals surface area contributed by atoms with Crippen LogP contribution in [0.5, 0.6) is 0 Å². The Morgan fingerprint density at radius 3 is 2.34 bits per heavy atom. The number of likely N-dealkylation sites (N-methyl/N-ethyl adjacent to an activating group) is 1. The number of nitrogens with zero attached hydrogens (tertiary/aromatic N) is 6. The van der Waals surface area contributed by atoms with E-state index in [0.717, 1.165) is 22.8 Å². The van der Waals surface area contributed by atoms with Crippen LogP contribution in [-0.2, 0) is 17.5 Å². The van der Waals surface area contributed by atoms with Crippen molar-refractivity contribution in [2.75, 3.05) is 14.1 Å². The summed E-state index contributed by atoms with van der Waals surface area (Å²) in [4.78, 5) is 40.9. The highest BCUT2D eigenvalue weighted by Gasteiger charge is 2.31. The Kier molecular flexibility index (Phi) is 6.78. The van der Waals surface area contributed by atoms with Crippen molar-refractivity contribution in [3.05, 3.63) is 98.5 Å². The Balaban J connectivity index is 2.04. The number of rotatable bonds is 5. The summed E-state index contributed by atoms with van der Waals surface area (Å²) in [7, 11) is 2.90. The monoisotopic (exact) mass is 522 g/mol. The molecule has 2 aromatic heterocycles. The predicted octanol–water partition coefficient (Wildman–Crippen LogP) is 3.14. The first-order chi connectivity index (χ1) is 17.9. The van der Waals surface area contributed by atoms with E-state index < -0.39 is 35.4 Å². The number of halogens is 3. The van der Waals surface area contributed by atoms with Crippen LogP contribution in [0.15, 0.2) is 70.4 Å². The average molecular weight is 522 g/mol. The third-order valence-corrected chi connectivity index (χ3v) is 5.94. The van der Waals surface area contributed by atoms with E-state index in [2.05, 4.69) is 5.10 Å². The van der Waals surface area contributed by atoms with E-state index in [1.807, 2.05) is 6.07 Å². The largest absolute Gasteiger partial charge is 0.416 e. The second-order valence-corrected chi connectivity index (χ2v) is 8.59. The number of carbonyl (C=O) groups is 1. The first kappa shape index (κ1) is 26.2. The topological polar surface area (TPSA) is 106 Å². The molecular weight excluding hydrogens is 501 g/mol. The van der Waals surface area contributed by atoms with Crippen molar-refractivity contribution in [3.8, 4) is 28.7 Å². The minimum absolute atomic E-state index is 0.0320. The Morgan fingerprint density at radius 1 is 1.05 bits per heavy atom. The second kappa shape index (κ2) is 9.85. The molecule has 0 saturated carbocycles. The smallest absolute Gasteiger partial charge is 0.347 e. The van der Waals surface area contributed by atoms with Gasteiger partial charge in [0.2, 0.25) is 5.91 Å².